The van der Waals surface area contributed by atoms with Crippen LogP contribution in [-0.4, -0.2) is 25.4 Å². The van der Waals surface area contributed by atoms with Gasteiger partial charge in [0.1, 0.15) is 0 Å². The summed E-state index contributed by atoms with van der Waals surface area (Å²) in [5.74, 6) is 0.147. The molecule has 0 aromatic carbocycles. The molecule has 0 heterocycles. The van der Waals surface area contributed by atoms with Crippen molar-refractivity contribution in [3.05, 3.63) is 0 Å². The van der Waals surface area contributed by atoms with Gasteiger partial charge in [0, 0.05) is 6.54 Å². The van der Waals surface area contributed by atoms with Crippen molar-refractivity contribution in [2.45, 2.75) is 26.2 Å². The van der Waals surface area contributed by atoms with Gasteiger partial charge < -0.3 is 11.1 Å². The van der Waals surface area contributed by atoms with E-state index in [-0.39, 0.29) is 12.5 Å². The molecule has 1 rings (SSSR count). The van der Waals surface area contributed by atoms with E-state index < -0.39 is 18.4 Å². The number of carbonyl (C=O) groups is 1. The quantitative estimate of drug-likeness (QED) is 0.713. The zero-order valence-corrected chi connectivity index (χ0v) is 8.22. The Hall–Kier alpha value is -0.710. The molecule has 1 aliphatic carbocycles. The smallest absolute Gasteiger partial charge is 0.255 e. The Morgan fingerprint density at radius 3 is 2.57 bits per heavy atom. The molecule has 14 heavy (non-hydrogen) atoms. The molecule has 0 atom stereocenters. The molecule has 0 aliphatic heterocycles. The third-order valence-electron chi connectivity index (χ3n) is 2.77. The number of amides is 1. The van der Waals surface area contributed by atoms with Gasteiger partial charge in [-0.05, 0) is 18.8 Å². The molecular weight excluding hydrogens is 190 g/mol. The van der Waals surface area contributed by atoms with Crippen molar-refractivity contribution in [1.82, 2.24) is 5.32 Å². The Bertz CT molecular complexity index is 215. The molecule has 0 bridgehead atoms. The van der Waals surface area contributed by atoms with Crippen molar-refractivity contribution in [1.29, 1.82) is 0 Å². The predicted molar refractivity (Wildman–Crippen MR) is 48.9 cm³/mol. The SMILES string of the molecule is CC1CC(CN)(C(=O)NCC(F)F)C1. The predicted octanol–water partition coefficient (Wildman–Crippen LogP) is 0.743. The van der Waals surface area contributed by atoms with Crippen molar-refractivity contribution >= 4 is 5.91 Å². The first-order valence-corrected chi connectivity index (χ1v) is 4.77. The van der Waals surface area contributed by atoms with E-state index in [0.717, 1.165) is 0 Å². The molecule has 1 aliphatic rings. The molecule has 3 nitrogen and oxygen atoms in total. The minimum atomic E-state index is -2.49. The second-order valence-corrected chi connectivity index (χ2v) is 4.10. The van der Waals surface area contributed by atoms with Gasteiger partial charge in [0.15, 0.2) is 0 Å². The lowest BCUT2D eigenvalue weighted by Gasteiger charge is -2.44. The van der Waals surface area contributed by atoms with Gasteiger partial charge in [0.2, 0.25) is 5.91 Å². The van der Waals surface area contributed by atoms with Crippen LogP contribution in [0.4, 0.5) is 8.78 Å². The van der Waals surface area contributed by atoms with E-state index in [2.05, 4.69) is 5.32 Å². The molecule has 0 saturated heterocycles. The Balaban J connectivity index is 2.42. The zero-order chi connectivity index (χ0) is 10.8. The first kappa shape index (κ1) is 11.4. The summed E-state index contributed by atoms with van der Waals surface area (Å²) in [5, 5.41) is 2.23. The van der Waals surface area contributed by atoms with E-state index in [9.17, 15) is 13.6 Å². The molecule has 0 radical (unpaired) electrons. The van der Waals surface area contributed by atoms with Crippen LogP contribution in [0.2, 0.25) is 0 Å². The van der Waals surface area contributed by atoms with E-state index in [1.54, 1.807) is 0 Å². The standard InChI is InChI=1S/C9H16F2N2O/c1-6-2-9(3-6,5-12)8(14)13-4-7(10)11/h6-7H,2-5,12H2,1H3,(H,13,14). The van der Waals surface area contributed by atoms with Gasteiger partial charge in [0.25, 0.3) is 6.43 Å². The highest BCUT2D eigenvalue weighted by Crippen LogP contribution is 2.44. The van der Waals surface area contributed by atoms with Crippen LogP contribution in [0.3, 0.4) is 0 Å². The summed E-state index contributed by atoms with van der Waals surface area (Å²) in [4.78, 5) is 11.5. The second-order valence-electron chi connectivity index (χ2n) is 4.10. The van der Waals surface area contributed by atoms with Crippen LogP contribution in [0.25, 0.3) is 0 Å². The minimum absolute atomic E-state index is 0.242. The number of hydrogen-bond donors (Lipinski definition) is 2. The summed E-state index contributed by atoms with van der Waals surface area (Å²) in [7, 11) is 0. The maximum atomic E-state index is 11.8. The molecule has 3 N–H and O–H groups in total. The highest BCUT2D eigenvalue weighted by atomic mass is 19.3. The largest absolute Gasteiger partial charge is 0.350 e. The molecular formula is C9H16F2N2O. The van der Waals surface area contributed by atoms with Gasteiger partial charge in [-0.2, -0.15) is 0 Å². The van der Waals surface area contributed by atoms with Crippen molar-refractivity contribution in [3.8, 4) is 0 Å². The Morgan fingerprint density at radius 2 is 2.21 bits per heavy atom. The molecule has 82 valence electrons. The van der Waals surface area contributed by atoms with E-state index in [1.807, 2.05) is 6.92 Å². The highest BCUT2D eigenvalue weighted by Gasteiger charge is 2.47. The van der Waals surface area contributed by atoms with Gasteiger partial charge in [-0.1, -0.05) is 6.92 Å². The summed E-state index contributed by atoms with van der Waals surface area (Å²) < 4.78 is 23.7. The Kier molecular flexibility index (Phi) is 3.42. The molecule has 1 saturated carbocycles. The van der Waals surface area contributed by atoms with Gasteiger partial charge in [0.05, 0.1) is 12.0 Å². The van der Waals surface area contributed by atoms with Gasteiger partial charge in [-0.3, -0.25) is 4.79 Å². The molecule has 0 aromatic rings. The maximum absolute atomic E-state index is 11.8. The van der Waals surface area contributed by atoms with Crippen molar-refractivity contribution in [3.63, 3.8) is 0 Å². The molecule has 1 amide bonds. The Morgan fingerprint density at radius 1 is 1.64 bits per heavy atom. The normalized spacial score (nSPS) is 31.4. The number of hydrogen-bond acceptors (Lipinski definition) is 2. The summed E-state index contributed by atoms with van der Waals surface area (Å²) in [6.45, 7) is 1.69. The topological polar surface area (TPSA) is 55.1 Å². The maximum Gasteiger partial charge on any atom is 0.255 e. The van der Waals surface area contributed by atoms with Crippen LogP contribution in [-0.2, 0) is 4.79 Å². The number of nitrogens with two attached hydrogens (primary N) is 1. The number of halogens is 2. The van der Waals surface area contributed by atoms with E-state index in [4.69, 9.17) is 5.73 Å². The lowest BCUT2D eigenvalue weighted by Crippen LogP contribution is -2.54. The number of rotatable bonds is 4. The van der Waals surface area contributed by atoms with Crippen LogP contribution in [0.5, 0.6) is 0 Å². The van der Waals surface area contributed by atoms with Gasteiger partial charge in [-0.25, -0.2) is 8.78 Å². The van der Waals surface area contributed by atoms with E-state index in [1.165, 1.54) is 0 Å². The summed E-state index contributed by atoms with van der Waals surface area (Å²) in [5.41, 5.74) is 4.91. The fourth-order valence-corrected chi connectivity index (χ4v) is 2.08. The average molecular weight is 206 g/mol. The van der Waals surface area contributed by atoms with Gasteiger partial charge >= 0.3 is 0 Å². The first-order chi connectivity index (χ1) is 6.50. The van der Waals surface area contributed by atoms with Crippen molar-refractivity contribution in [2.75, 3.05) is 13.1 Å². The molecule has 0 unspecified atom stereocenters. The van der Waals surface area contributed by atoms with Crippen LogP contribution < -0.4 is 11.1 Å². The fraction of sp³-hybridized carbons (Fsp3) is 0.889. The molecule has 0 aromatic heterocycles. The van der Waals surface area contributed by atoms with Crippen molar-refractivity contribution < 1.29 is 13.6 Å². The number of nitrogens with one attached hydrogen (secondary N) is 1. The van der Waals surface area contributed by atoms with Crippen LogP contribution in [0.1, 0.15) is 19.8 Å². The highest BCUT2D eigenvalue weighted by molar-refractivity contribution is 5.83. The van der Waals surface area contributed by atoms with Crippen LogP contribution in [0, 0.1) is 11.3 Å². The van der Waals surface area contributed by atoms with Gasteiger partial charge in [-0.15, -0.1) is 0 Å². The van der Waals surface area contributed by atoms with Crippen LogP contribution in [0.15, 0.2) is 0 Å². The lowest BCUT2D eigenvalue weighted by molar-refractivity contribution is -0.138. The Labute approximate surface area is 82.0 Å². The fourth-order valence-electron chi connectivity index (χ4n) is 2.08. The number of alkyl halides is 2. The van der Waals surface area contributed by atoms with E-state index in [0.29, 0.717) is 18.8 Å². The summed E-state index contributed by atoms with van der Waals surface area (Å²) in [6.07, 6.45) is -1.08. The molecule has 5 heteroatoms. The van der Waals surface area contributed by atoms with E-state index >= 15 is 0 Å². The first-order valence-electron chi connectivity index (χ1n) is 4.77. The minimum Gasteiger partial charge on any atom is -0.350 e. The third-order valence-corrected chi connectivity index (χ3v) is 2.77. The molecule has 0 spiro atoms. The molecule has 1 fully saturated rings. The summed E-state index contributed by atoms with van der Waals surface area (Å²) >= 11 is 0. The zero-order valence-electron chi connectivity index (χ0n) is 8.22. The average Bonchev–Trinajstić information content (AvgIpc) is 2.08. The lowest BCUT2D eigenvalue weighted by atomic mass is 9.62. The van der Waals surface area contributed by atoms with Crippen molar-refractivity contribution in [2.24, 2.45) is 17.1 Å². The second kappa shape index (κ2) is 4.21. The van der Waals surface area contributed by atoms with Crippen LogP contribution >= 0.6 is 0 Å². The summed E-state index contributed by atoms with van der Waals surface area (Å²) in [6, 6.07) is 0. The monoisotopic (exact) mass is 206 g/mol. The third kappa shape index (κ3) is 2.20. The number of carbonyl (C=O) groups excluding carboxylic acids is 1.